The zero-order valence-electron chi connectivity index (χ0n) is 10.8. The van der Waals surface area contributed by atoms with E-state index in [1.54, 1.807) is 6.92 Å². The Morgan fingerprint density at radius 1 is 1.33 bits per heavy atom. The van der Waals surface area contributed by atoms with E-state index in [4.69, 9.17) is 0 Å². The molecule has 0 atom stereocenters. The molecule has 1 aromatic rings. The molecule has 0 aliphatic heterocycles. The summed E-state index contributed by atoms with van der Waals surface area (Å²) in [5, 5.41) is 2.16. The molecule has 0 heterocycles. The van der Waals surface area contributed by atoms with Gasteiger partial charge in [0.1, 0.15) is 0 Å². The van der Waals surface area contributed by atoms with Crippen LogP contribution in [-0.4, -0.2) is 24.4 Å². The normalized spacial score (nSPS) is 9.94. The third-order valence-corrected chi connectivity index (χ3v) is 3.38. The van der Waals surface area contributed by atoms with Gasteiger partial charge in [-0.2, -0.15) is 0 Å². The molecular weight excluding hydrogens is 250 g/mol. The third kappa shape index (κ3) is 4.79. The van der Waals surface area contributed by atoms with Crippen molar-refractivity contribution >= 4 is 23.8 Å². The van der Waals surface area contributed by atoms with Crippen LogP contribution in [0.1, 0.15) is 18.1 Å². The number of rotatable bonds is 4. The summed E-state index contributed by atoms with van der Waals surface area (Å²) >= 11 is 1.41. The monoisotopic (exact) mass is 267 g/mol. The lowest BCUT2D eigenvalue weighted by Crippen LogP contribution is -2.32. The lowest BCUT2D eigenvalue weighted by atomic mass is 10.2. The second-order valence-corrected chi connectivity index (χ2v) is 4.84. The van der Waals surface area contributed by atoms with Crippen LogP contribution < -0.4 is 5.32 Å². The minimum Gasteiger partial charge on any atom is -0.450 e. The van der Waals surface area contributed by atoms with E-state index in [1.165, 1.54) is 11.8 Å². The second-order valence-electron chi connectivity index (χ2n) is 3.83. The highest BCUT2D eigenvalue weighted by molar-refractivity contribution is 8.00. The molecule has 0 aliphatic rings. The lowest BCUT2D eigenvalue weighted by Gasteiger charge is -2.07. The van der Waals surface area contributed by atoms with Crippen LogP contribution in [0, 0.1) is 13.8 Å². The Hall–Kier alpha value is -1.49. The number of hydrogen-bond donors (Lipinski definition) is 1. The van der Waals surface area contributed by atoms with Crippen LogP contribution in [0.5, 0.6) is 0 Å². The van der Waals surface area contributed by atoms with E-state index in [-0.39, 0.29) is 18.3 Å². The van der Waals surface area contributed by atoms with Gasteiger partial charge in [0.25, 0.3) is 0 Å². The molecule has 1 rings (SSSR count). The molecule has 0 saturated heterocycles. The first kappa shape index (κ1) is 14.6. The molecule has 18 heavy (non-hydrogen) atoms. The average Bonchev–Trinajstić information content (AvgIpc) is 2.30. The van der Waals surface area contributed by atoms with Gasteiger partial charge in [-0.15, -0.1) is 11.8 Å². The fraction of sp³-hybridized carbons (Fsp3) is 0.385. The largest absolute Gasteiger partial charge is 0.450 e. The number of ether oxygens (including phenoxy) is 1. The lowest BCUT2D eigenvalue weighted by molar-refractivity contribution is -0.117. The number of carbonyl (C=O) groups is 2. The van der Waals surface area contributed by atoms with Crippen LogP contribution in [0.25, 0.3) is 0 Å². The van der Waals surface area contributed by atoms with E-state index in [0.29, 0.717) is 0 Å². The first-order valence-corrected chi connectivity index (χ1v) is 6.68. The summed E-state index contributed by atoms with van der Waals surface area (Å²) in [6.07, 6.45) is -0.691. The van der Waals surface area contributed by atoms with Crippen molar-refractivity contribution in [3.05, 3.63) is 29.3 Å². The number of carbonyl (C=O) groups excluding carboxylic acids is 2. The van der Waals surface area contributed by atoms with Crippen LogP contribution in [0.4, 0.5) is 4.79 Å². The molecule has 0 aliphatic carbocycles. The molecule has 2 amide bonds. The highest BCUT2D eigenvalue weighted by Crippen LogP contribution is 2.23. The number of amides is 2. The molecule has 5 heteroatoms. The van der Waals surface area contributed by atoms with Crippen molar-refractivity contribution in [2.75, 3.05) is 12.4 Å². The Morgan fingerprint density at radius 3 is 2.72 bits per heavy atom. The molecule has 1 N–H and O–H groups in total. The number of nitrogens with one attached hydrogen (secondary N) is 1. The summed E-state index contributed by atoms with van der Waals surface area (Å²) in [4.78, 5) is 23.5. The maximum absolute atomic E-state index is 11.5. The van der Waals surface area contributed by atoms with Gasteiger partial charge in [-0.05, 0) is 32.4 Å². The van der Waals surface area contributed by atoms with E-state index in [9.17, 15) is 9.59 Å². The first-order valence-electron chi connectivity index (χ1n) is 5.69. The van der Waals surface area contributed by atoms with Gasteiger partial charge >= 0.3 is 6.09 Å². The minimum absolute atomic E-state index is 0.198. The van der Waals surface area contributed by atoms with Gasteiger partial charge in [-0.1, -0.05) is 17.7 Å². The Balaban J connectivity index is 2.47. The van der Waals surface area contributed by atoms with Crippen LogP contribution in [-0.2, 0) is 9.53 Å². The molecule has 0 spiro atoms. The fourth-order valence-corrected chi connectivity index (χ4v) is 2.25. The molecule has 0 radical (unpaired) electrons. The maximum atomic E-state index is 11.5. The van der Waals surface area contributed by atoms with E-state index in [0.717, 1.165) is 16.0 Å². The Kier molecular flexibility index (Phi) is 5.71. The summed E-state index contributed by atoms with van der Waals surface area (Å²) in [7, 11) is 0. The zero-order chi connectivity index (χ0) is 13.5. The molecule has 0 fully saturated rings. The predicted molar refractivity (Wildman–Crippen MR) is 71.8 cm³/mol. The van der Waals surface area contributed by atoms with Crippen molar-refractivity contribution in [3.8, 4) is 0 Å². The van der Waals surface area contributed by atoms with Crippen LogP contribution in [0.3, 0.4) is 0 Å². The predicted octanol–water partition coefficient (Wildman–Crippen LogP) is 2.67. The SMILES string of the molecule is CCOC(=O)NC(=O)CSc1cc(C)ccc1C. The first-order chi connectivity index (χ1) is 8.52. The molecule has 98 valence electrons. The van der Waals surface area contributed by atoms with Gasteiger partial charge in [-0.25, -0.2) is 4.79 Å². The summed E-state index contributed by atoms with van der Waals surface area (Å²) in [5.74, 6) is -0.150. The quantitative estimate of drug-likeness (QED) is 0.852. The minimum atomic E-state index is -0.691. The molecule has 4 nitrogen and oxygen atoms in total. The van der Waals surface area contributed by atoms with E-state index < -0.39 is 6.09 Å². The van der Waals surface area contributed by atoms with Gasteiger partial charge in [0.15, 0.2) is 0 Å². The van der Waals surface area contributed by atoms with Crippen LogP contribution >= 0.6 is 11.8 Å². The average molecular weight is 267 g/mol. The second kappa shape index (κ2) is 7.06. The molecule has 1 aromatic carbocycles. The molecule has 0 saturated carbocycles. The number of alkyl carbamates (subject to hydrolysis) is 1. The number of thioether (sulfide) groups is 1. The Labute approximate surface area is 111 Å². The summed E-state index contributed by atoms with van der Waals surface area (Å²) in [5.41, 5.74) is 2.27. The number of benzene rings is 1. The molecule has 0 aromatic heterocycles. The van der Waals surface area contributed by atoms with Gasteiger partial charge in [-0.3, -0.25) is 10.1 Å². The van der Waals surface area contributed by atoms with Crippen molar-refractivity contribution in [1.29, 1.82) is 0 Å². The number of aryl methyl sites for hydroxylation is 2. The van der Waals surface area contributed by atoms with E-state index in [1.807, 2.05) is 32.0 Å². The van der Waals surface area contributed by atoms with E-state index >= 15 is 0 Å². The van der Waals surface area contributed by atoms with E-state index in [2.05, 4.69) is 10.1 Å². The zero-order valence-corrected chi connectivity index (χ0v) is 11.6. The molecule has 0 unspecified atom stereocenters. The van der Waals surface area contributed by atoms with Gasteiger partial charge in [0.05, 0.1) is 12.4 Å². The highest BCUT2D eigenvalue weighted by Gasteiger charge is 2.09. The third-order valence-electron chi connectivity index (χ3n) is 2.22. The maximum Gasteiger partial charge on any atom is 0.413 e. The van der Waals surface area contributed by atoms with Crippen molar-refractivity contribution < 1.29 is 14.3 Å². The highest BCUT2D eigenvalue weighted by atomic mass is 32.2. The van der Waals surface area contributed by atoms with Crippen molar-refractivity contribution in [3.63, 3.8) is 0 Å². The standard InChI is InChI=1S/C13H17NO3S/c1-4-17-13(16)14-12(15)8-18-11-7-9(2)5-6-10(11)3/h5-7H,4,8H2,1-3H3,(H,14,15,16). The summed E-state index contributed by atoms with van der Waals surface area (Å²) in [6.45, 7) is 5.94. The Morgan fingerprint density at radius 2 is 2.06 bits per heavy atom. The number of hydrogen-bond acceptors (Lipinski definition) is 4. The smallest absolute Gasteiger partial charge is 0.413 e. The van der Waals surface area contributed by atoms with Crippen molar-refractivity contribution in [2.45, 2.75) is 25.7 Å². The Bertz CT molecular complexity index is 446. The fourth-order valence-electron chi connectivity index (χ4n) is 1.32. The van der Waals surface area contributed by atoms with Gasteiger partial charge < -0.3 is 4.74 Å². The van der Waals surface area contributed by atoms with Crippen LogP contribution in [0.2, 0.25) is 0 Å². The van der Waals surface area contributed by atoms with Crippen molar-refractivity contribution in [2.24, 2.45) is 0 Å². The van der Waals surface area contributed by atoms with Gasteiger partial charge in [0, 0.05) is 4.90 Å². The van der Waals surface area contributed by atoms with Gasteiger partial charge in [0.2, 0.25) is 5.91 Å². The summed E-state index contributed by atoms with van der Waals surface area (Å²) < 4.78 is 4.63. The topological polar surface area (TPSA) is 55.4 Å². The van der Waals surface area contributed by atoms with Crippen LogP contribution in [0.15, 0.2) is 23.1 Å². The molecular formula is C13H17NO3S. The number of imide groups is 1. The van der Waals surface area contributed by atoms with Crippen molar-refractivity contribution in [1.82, 2.24) is 5.32 Å². The molecule has 0 bridgehead atoms. The summed E-state index contributed by atoms with van der Waals surface area (Å²) in [6, 6.07) is 6.07.